The molecule has 1 aromatic heterocycles. The van der Waals surface area contributed by atoms with Gasteiger partial charge in [-0.05, 0) is 46.1 Å². The molecule has 0 spiro atoms. The molecule has 0 aliphatic carbocycles. The zero-order valence-corrected chi connectivity index (χ0v) is 20.8. The van der Waals surface area contributed by atoms with Gasteiger partial charge in [0.25, 0.3) is 11.5 Å². The molecule has 2 aliphatic rings. The summed E-state index contributed by atoms with van der Waals surface area (Å²) in [5.74, 6) is -0.298. The van der Waals surface area contributed by atoms with Gasteiger partial charge in [0.15, 0.2) is 5.76 Å². The van der Waals surface area contributed by atoms with Gasteiger partial charge in [0.1, 0.15) is 5.56 Å². The molecular formula is C26H34N4O5. The van der Waals surface area contributed by atoms with Gasteiger partial charge in [-0.3, -0.25) is 9.59 Å². The minimum absolute atomic E-state index is 0.0667. The van der Waals surface area contributed by atoms with E-state index in [-0.39, 0.29) is 23.6 Å². The van der Waals surface area contributed by atoms with Crippen LogP contribution >= 0.6 is 0 Å². The van der Waals surface area contributed by atoms with Crippen LogP contribution < -0.4 is 10.5 Å². The average molecular weight is 483 g/mol. The number of fused-ring (bicyclic) bond motifs is 1. The van der Waals surface area contributed by atoms with Gasteiger partial charge in [-0.2, -0.15) is 0 Å². The third-order valence-electron chi connectivity index (χ3n) is 6.41. The number of hydrogen-bond acceptors (Lipinski definition) is 7. The van der Waals surface area contributed by atoms with Crippen molar-refractivity contribution in [3.8, 4) is 0 Å². The Hall–Kier alpha value is -3.33. The van der Waals surface area contributed by atoms with Crippen LogP contribution in [0.1, 0.15) is 30.1 Å². The van der Waals surface area contributed by atoms with Crippen LogP contribution in [-0.4, -0.2) is 86.3 Å². The van der Waals surface area contributed by atoms with E-state index in [4.69, 9.17) is 9.47 Å². The van der Waals surface area contributed by atoms with Crippen molar-refractivity contribution in [1.29, 1.82) is 0 Å². The van der Waals surface area contributed by atoms with Crippen LogP contribution in [0.2, 0.25) is 0 Å². The predicted molar refractivity (Wildman–Crippen MR) is 135 cm³/mol. The summed E-state index contributed by atoms with van der Waals surface area (Å²) in [4.78, 5) is 45.4. The summed E-state index contributed by atoms with van der Waals surface area (Å²) in [5.41, 5.74) is 1.12. The molecule has 0 radical (unpaired) electrons. The first-order valence-electron chi connectivity index (χ1n) is 12.3. The molecule has 9 nitrogen and oxygen atoms in total. The van der Waals surface area contributed by atoms with Crippen LogP contribution in [0.4, 0.5) is 5.69 Å². The molecule has 1 amide bonds. The van der Waals surface area contributed by atoms with Gasteiger partial charge in [0, 0.05) is 44.5 Å². The van der Waals surface area contributed by atoms with E-state index < -0.39 is 5.97 Å². The topological polar surface area (TPSA) is 84.3 Å². The van der Waals surface area contributed by atoms with Crippen LogP contribution in [0.15, 0.2) is 40.9 Å². The molecule has 0 bridgehead atoms. The first kappa shape index (κ1) is 24.8. The van der Waals surface area contributed by atoms with Crippen molar-refractivity contribution >= 4 is 28.5 Å². The van der Waals surface area contributed by atoms with Crippen molar-refractivity contribution in [3.05, 3.63) is 52.0 Å². The third kappa shape index (κ3) is 5.19. The second-order valence-corrected chi connectivity index (χ2v) is 9.06. The fourth-order valence-corrected chi connectivity index (χ4v) is 4.73. The molecule has 0 unspecified atom stereocenters. The molecule has 35 heavy (non-hydrogen) atoms. The van der Waals surface area contributed by atoms with Crippen molar-refractivity contribution in [2.24, 2.45) is 0 Å². The van der Waals surface area contributed by atoms with Crippen molar-refractivity contribution in [2.45, 2.75) is 26.3 Å². The lowest BCUT2D eigenvalue weighted by Crippen LogP contribution is -2.50. The minimum Gasteiger partial charge on any atom is -0.488 e. The molecule has 0 N–H and O–H groups in total. The number of ether oxygens (including phenoxy) is 2. The number of carbonyl (C=O) groups is 2. The third-order valence-corrected chi connectivity index (χ3v) is 6.41. The molecule has 0 atom stereocenters. The molecule has 9 heteroatoms. The number of carbonyl (C=O) groups excluding carboxylic acids is 2. The summed E-state index contributed by atoms with van der Waals surface area (Å²) < 4.78 is 12.5. The van der Waals surface area contributed by atoms with Gasteiger partial charge in [0.2, 0.25) is 0 Å². The van der Waals surface area contributed by atoms with E-state index in [1.54, 1.807) is 16.4 Å². The van der Waals surface area contributed by atoms with Crippen LogP contribution in [0.3, 0.4) is 0 Å². The summed E-state index contributed by atoms with van der Waals surface area (Å²) in [5, 5.41) is 0.835. The van der Waals surface area contributed by atoms with Gasteiger partial charge in [-0.15, -0.1) is 0 Å². The monoisotopic (exact) mass is 482 g/mol. The Kier molecular flexibility index (Phi) is 7.75. The quantitative estimate of drug-likeness (QED) is 0.533. The molecular weight excluding hydrogens is 448 g/mol. The van der Waals surface area contributed by atoms with Crippen LogP contribution in [0, 0.1) is 0 Å². The Labute approximate surface area is 205 Å². The minimum atomic E-state index is -0.609. The standard InChI is InChI=1S/C26H34N4O5/c1-4-34-26(33)22-23(28-14-16-29(17-15-28)24(31)21-11-7-18-35-21)19-9-5-6-10-20(19)30(25(22)32)13-8-12-27(2)3/h5-6,9-11H,4,7-8,12-18H2,1-3H3. The van der Waals surface area contributed by atoms with Gasteiger partial charge in [0.05, 0.1) is 24.4 Å². The molecule has 3 heterocycles. The molecule has 1 saturated heterocycles. The fraction of sp³-hybridized carbons (Fsp3) is 0.500. The molecule has 0 saturated carbocycles. The van der Waals surface area contributed by atoms with E-state index in [0.717, 1.165) is 30.3 Å². The fourth-order valence-electron chi connectivity index (χ4n) is 4.73. The number of benzene rings is 1. The summed E-state index contributed by atoms with van der Waals surface area (Å²) in [6.45, 7) is 5.74. The number of amides is 1. The highest BCUT2D eigenvalue weighted by molar-refractivity contribution is 6.05. The maximum Gasteiger partial charge on any atom is 0.345 e. The zero-order valence-electron chi connectivity index (χ0n) is 20.8. The number of esters is 1. The smallest absolute Gasteiger partial charge is 0.345 e. The van der Waals surface area contributed by atoms with Crippen molar-refractivity contribution in [3.63, 3.8) is 0 Å². The average Bonchev–Trinajstić information content (AvgIpc) is 3.39. The first-order chi connectivity index (χ1) is 16.9. The van der Waals surface area contributed by atoms with Crippen LogP contribution in [0.5, 0.6) is 0 Å². The van der Waals surface area contributed by atoms with Gasteiger partial charge in [-0.1, -0.05) is 18.2 Å². The second-order valence-electron chi connectivity index (χ2n) is 9.06. The van der Waals surface area contributed by atoms with E-state index in [9.17, 15) is 14.4 Å². The van der Waals surface area contributed by atoms with Crippen LogP contribution in [0.25, 0.3) is 10.9 Å². The molecule has 4 rings (SSSR count). The number of para-hydroxylation sites is 1. The number of anilines is 1. The predicted octanol–water partition coefficient (Wildman–Crippen LogP) is 2.08. The first-order valence-corrected chi connectivity index (χ1v) is 12.3. The zero-order chi connectivity index (χ0) is 24.9. The largest absolute Gasteiger partial charge is 0.488 e. The lowest BCUT2D eigenvalue weighted by atomic mass is 10.1. The Bertz CT molecular complexity index is 1180. The Morgan fingerprint density at radius 1 is 1.11 bits per heavy atom. The SMILES string of the molecule is CCOC(=O)c1c(N2CCN(C(=O)C3=CCCO3)CC2)c2ccccc2n(CCCN(C)C)c1=O. The lowest BCUT2D eigenvalue weighted by molar-refractivity contribution is -0.130. The number of nitrogens with zero attached hydrogens (tertiary/aromatic N) is 4. The van der Waals surface area contributed by atoms with E-state index in [2.05, 4.69) is 4.90 Å². The highest BCUT2D eigenvalue weighted by Crippen LogP contribution is 2.31. The maximum atomic E-state index is 13.7. The number of piperazine rings is 1. The van der Waals surface area contributed by atoms with E-state index in [0.29, 0.717) is 50.8 Å². The molecule has 1 fully saturated rings. The maximum absolute atomic E-state index is 13.7. The van der Waals surface area contributed by atoms with Crippen molar-refractivity contribution < 1.29 is 19.1 Å². The highest BCUT2D eigenvalue weighted by atomic mass is 16.5. The van der Waals surface area contributed by atoms with E-state index in [1.807, 2.05) is 49.3 Å². The normalized spacial score (nSPS) is 15.9. The van der Waals surface area contributed by atoms with Crippen molar-refractivity contribution in [1.82, 2.24) is 14.4 Å². The number of hydrogen-bond donors (Lipinski definition) is 0. The molecule has 188 valence electrons. The van der Waals surface area contributed by atoms with E-state index >= 15 is 0 Å². The van der Waals surface area contributed by atoms with Gasteiger partial charge in [-0.25, -0.2) is 4.79 Å². The molecule has 2 aromatic rings. The number of aromatic nitrogens is 1. The Morgan fingerprint density at radius 2 is 1.86 bits per heavy atom. The van der Waals surface area contributed by atoms with Crippen LogP contribution in [-0.2, 0) is 20.8 Å². The number of aryl methyl sites for hydroxylation is 1. The molecule has 2 aliphatic heterocycles. The highest BCUT2D eigenvalue weighted by Gasteiger charge is 2.31. The molecule has 1 aromatic carbocycles. The summed E-state index contributed by atoms with van der Waals surface area (Å²) >= 11 is 0. The van der Waals surface area contributed by atoms with Crippen molar-refractivity contribution in [2.75, 3.05) is 64.9 Å². The summed E-state index contributed by atoms with van der Waals surface area (Å²) in [6, 6.07) is 7.70. The number of pyridine rings is 1. The summed E-state index contributed by atoms with van der Waals surface area (Å²) in [7, 11) is 3.99. The Morgan fingerprint density at radius 3 is 2.51 bits per heavy atom. The van der Waals surface area contributed by atoms with Gasteiger partial charge >= 0.3 is 5.97 Å². The lowest BCUT2D eigenvalue weighted by Gasteiger charge is -2.37. The second kappa shape index (κ2) is 10.9. The Balaban J connectivity index is 1.71. The van der Waals surface area contributed by atoms with Gasteiger partial charge < -0.3 is 28.7 Å². The number of rotatable bonds is 8. The van der Waals surface area contributed by atoms with E-state index in [1.165, 1.54) is 0 Å². The summed E-state index contributed by atoms with van der Waals surface area (Å²) in [6.07, 6.45) is 3.36.